The molecule has 0 radical (unpaired) electrons. The highest BCUT2D eigenvalue weighted by atomic mass is 35.5. The summed E-state index contributed by atoms with van der Waals surface area (Å²) in [4.78, 5) is 28.2. The average Bonchev–Trinajstić information content (AvgIpc) is 3.12. The first-order valence-electron chi connectivity index (χ1n) is 10.9. The maximum Gasteiger partial charge on any atom is 0.362 e. The first-order chi connectivity index (χ1) is 14.8. The van der Waals surface area contributed by atoms with E-state index in [2.05, 4.69) is 0 Å². The molecule has 0 bridgehead atoms. The second-order valence-electron chi connectivity index (χ2n) is 8.34. The summed E-state index contributed by atoms with van der Waals surface area (Å²) in [6.45, 7) is 10.5. The minimum atomic E-state index is -0.266. The van der Waals surface area contributed by atoms with Crippen LogP contribution >= 0.6 is 11.6 Å². The second-order valence-corrected chi connectivity index (χ2v) is 8.77. The van der Waals surface area contributed by atoms with Crippen molar-refractivity contribution >= 4 is 29.2 Å². The van der Waals surface area contributed by atoms with E-state index in [0.29, 0.717) is 35.6 Å². The van der Waals surface area contributed by atoms with Gasteiger partial charge in [0.15, 0.2) is 12.6 Å². The fourth-order valence-corrected chi connectivity index (χ4v) is 5.09. The Labute approximate surface area is 190 Å². The third kappa shape index (κ3) is 4.94. The van der Waals surface area contributed by atoms with Gasteiger partial charge in [-0.25, -0.2) is 4.79 Å². The van der Waals surface area contributed by atoms with Crippen molar-refractivity contribution in [2.75, 3.05) is 31.1 Å². The zero-order chi connectivity index (χ0) is 22.6. The Morgan fingerprint density at radius 3 is 2.32 bits per heavy atom. The van der Waals surface area contributed by atoms with Crippen molar-refractivity contribution in [3.05, 3.63) is 64.2 Å². The number of hydrogen-bond acceptors (Lipinski definition) is 3. The lowest BCUT2D eigenvalue weighted by Crippen LogP contribution is -2.60. The van der Waals surface area contributed by atoms with Crippen LogP contribution in [0.1, 0.15) is 37.0 Å². The van der Waals surface area contributed by atoms with Gasteiger partial charge in [-0.1, -0.05) is 41.9 Å². The Bertz CT molecular complexity index is 918. The van der Waals surface area contributed by atoms with E-state index in [4.69, 9.17) is 16.3 Å². The van der Waals surface area contributed by atoms with Crippen molar-refractivity contribution in [1.29, 1.82) is 0 Å². The third-order valence-corrected chi connectivity index (χ3v) is 6.73. The molecule has 2 aromatic carbocycles. The number of carbonyl (C=O) groups is 2. The van der Waals surface area contributed by atoms with Crippen LogP contribution in [0.2, 0.25) is 5.02 Å². The molecule has 0 saturated carbocycles. The lowest BCUT2D eigenvalue weighted by Gasteiger charge is -2.40. The largest absolute Gasteiger partial charge is 0.457 e. The Morgan fingerprint density at radius 2 is 1.74 bits per heavy atom. The molecule has 166 valence electrons. The summed E-state index contributed by atoms with van der Waals surface area (Å²) in [5, 5.41) is 0.676. The van der Waals surface area contributed by atoms with E-state index in [1.165, 1.54) is 0 Å². The van der Waals surface area contributed by atoms with E-state index >= 15 is 0 Å². The van der Waals surface area contributed by atoms with Crippen LogP contribution in [-0.4, -0.2) is 48.6 Å². The Morgan fingerprint density at radius 1 is 1.13 bits per heavy atom. The molecular weight excluding hydrogens is 412 g/mol. The molecule has 3 rings (SSSR count). The summed E-state index contributed by atoms with van der Waals surface area (Å²) in [5.41, 5.74) is 3.88. The minimum Gasteiger partial charge on any atom is -0.457 e. The molecule has 1 saturated heterocycles. The molecule has 1 atom stereocenters. The number of halogens is 1. The summed E-state index contributed by atoms with van der Waals surface area (Å²) in [6.07, 6.45) is 0.716. The monoisotopic (exact) mass is 443 g/mol. The van der Waals surface area contributed by atoms with Gasteiger partial charge in [0.2, 0.25) is 0 Å². The number of aryl methyl sites for hydroxylation is 2. The van der Waals surface area contributed by atoms with Gasteiger partial charge < -0.3 is 14.1 Å². The van der Waals surface area contributed by atoms with Gasteiger partial charge in [-0.2, -0.15) is 0 Å². The third-order valence-electron chi connectivity index (χ3n) is 6.51. The maximum atomic E-state index is 13.5. The SMILES string of the molecule is CC[N+](CC)(CC(=O)OCc1ccccc1)C1CCN(c2c(C)cc(Cl)cc2C)C1=O. The van der Waals surface area contributed by atoms with Gasteiger partial charge in [-0.3, -0.25) is 4.79 Å². The number of likely N-dealkylation sites (N-methyl/N-ethyl adjacent to an activating group) is 1. The van der Waals surface area contributed by atoms with Gasteiger partial charge in [0.1, 0.15) is 6.61 Å². The van der Waals surface area contributed by atoms with E-state index in [1.54, 1.807) is 0 Å². The number of benzene rings is 2. The van der Waals surface area contributed by atoms with Gasteiger partial charge >= 0.3 is 5.97 Å². The smallest absolute Gasteiger partial charge is 0.362 e. The van der Waals surface area contributed by atoms with Gasteiger partial charge in [0, 0.05) is 23.7 Å². The molecule has 2 aromatic rings. The van der Waals surface area contributed by atoms with Crippen LogP contribution in [-0.2, 0) is 20.9 Å². The molecule has 0 spiro atoms. The van der Waals surface area contributed by atoms with Crippen LogP contribution in [0, 0.1) is 13.8 Å². The van der Waals surface area contributed by atoms with Gasteiger partial charge in [0.05, 0.1) is 13.1 Å². The predicted octanol–water partition coefficient (Wildman–Crippen LogP) is 4.66. The zero-order valence-corrected chi connectivity index (χ0v) is 19.6. The standard InChI is InChI=1S/C25H32ClN2O3/c1-5-28(6-2,16-23(29)31-17-20-10-8-7-9-11-20)22-12-13-27(25(22)30)24-18(3)14-21(26)15-19(24)4/h7-11,14-15,22H,5-6,12-13,16-17H2,1-4H3/q+1. The Kier molecular flexibility index (Phi) is 7.39. The van der Waals surface area contributed by atoms with Crippen molar-refractivity contribution in [3.8, 4) is 0 Å². The number of ether oxygens (including phenoxy) is 1. The first-order valence-corrected chi connectivity index (χ1v) is 11.3. The first kappa shape index (κ1) is 23.3. The highest BCUT2D eigenvalue weighted by Gasteiger charge is 2.48. The Balaban J connectivity index is 1.76. The number of nitrogens with zero attached hydrogens (tertiary/aromatic N) is 2. The van der Waals surface area contributed by atoms with Crippen LogP contribution in [0.3, 0.4) is 0 Å². The van der Waals surface area contributed by atoms with Crippen LogP contribution < -0.4 is 4.90 Å². The van der Waals surface area contributed by atoms with Crippen molar-refractivity contribution in [2.45, 2.75) is 46.8 Å². The van der Waals surface area contributed by atoms with E-state index < -0.39 is 0 Å². The lowest BCUT2D eigenvalue weighted by molar-refractivity contribution is -0.932. The molecule has 6 heteroatoms. The number of anilines is 1. The molecule has 1 fully saturated rings. The number of quaternary nitrogens is 1. The van der Waals surface area contributed by atoms with Crippen molar-refractivity contribution in [2.24, 2.45) is 0 Å². The predicted molar refractivity (Wildman–Crippen MR) is 124 cm³/mol. The van der Waals surface area contributed by atoms with Crippen LogP contribution in [0.5, 0.6) is 0 Å². The quantitative estimate of drug-likeness (QED) is 0.440. The maximum absolute atomic E-state index is 13.5. The highest BCUT2D eigenvalue weighted by Crippen LogP contribution is 2.34. The molecule has 1 amide bonds. The number of amides is 1. The zero-order valence-electron chi connectivity index (χ0n) is 18.9. The number of rotatable bonds is 8. The summed E-state index contributed by atoms with van der Waals surface area (Å²) in [5.74, 6) is -0.189. The van der Waals surface area contributed by atoms with E-state index in [-0.39, 0.29) is 31.1 Å². The topological polar surface area (TPSA) is 46.6 Å². The van der Waals surface area contributed by atoms with Crippen molar-refractivity contribution in [1.82, 2.24) is 0 Å². The molecule has 1 unspecified atom stereocenters. The molecule has 5 nitrogen and oxygen atoms in total. The summed E-state index contributed by atoms with van der Waals surface area (Å²) in [6, 6.07) is 13.2. The fraction of sp³-hybridized carbons (Fsp3) is 0.440. The van der Waals surface area contributed by atoms with Crippen molar-refractivity contribution < 1.29 is 18.8 Å². The lowest BCUT2D eigenvalue weighted by atomic mass is 10.1. The van der Waals surface area contributed by atoms with Gasteiger partial charge in [-0.15, -0.1) is 0 Å². The normalized spacial score (nSPS) is 16.6. The highest BCUT2D eigenvalue weighted by molar-refractivity contribution is 6.30. The van der Waals surface area contributed by atoms with Crippen LogP contribution in [0.15, 0.2) is 42.5 Å². The van der Waals surface area contributed by atoms with Crippen LogP contribution in [0.25, 0.3) is 0 Å². The minimum absolute atomic E-state index is 0.0769. The molecular formula is C25H32ClN2O3+. The van der Waals surface area contributed by atoms with E-state index in [9.17, 15) is 9.59 Å². The number of hydrogen-bond donors (Lipinski definition) is 0. The molecule has 0 N–H and O–H groups in total. The molecule has 0 aliphatic carbocycles. The molecule has 0 aromatic heterocycles. The summed E-state index contributed by atoms with van der Waals surface area (Å²) >= 11 is 6.18. The fourth-order valence-electron chi connectivity index (χ4n) is 4.76. The van der Waals surface area contributed by atoms with Gasteiger partial charge in [-0.05, 0) is 56.5 Å². The molecule has 1 aliphatic rings. The van der Waals surface area contributed by atoms with Crippen LogP contribution in [0.4, 0.5) is 5.69 Å². The summed E-state index contributed by atoms with van der Waals surface area (Å²) < 4.78 is 5.96. The average molecular weight is 444 g/mol. The van der Waals surface area contributed by atoms with Gasteiger partial charge in [0.25, 0.3) is 5.91 Å². The number of carbonyl (C=O) groups excluding carboxylic acids is 2. The molecule has 1 heterocycles. The molecule has 1 aliphatic heterocycles. The van der Waals surface area contributed by atoms with E-state index in [0.717, 1.165) is 22.4 Å². The Hall–Kier alpha value is -2.37. The second kappa shape index (κ2) is 9.84. The van der Waals surface area contributed by atoms with Crippen molar-refractivity contribution in [3.63, 3.8) is 0 Å². The number of esters is 1. The summed E-state index contributed by atoms with van der Waals surface area (Å²) in [7, 11) is 0. The molecule has 31 heavy (non-hydrogen) atoms. The van der Waals surface area contributed by atoms with E-state index in [1.807, 2.05) is 75.1 Å².